The Labute approximate surface area is 217 Å². The first-order valence-electron chi connectivity index (χ1n) is 9.82. The molecule has 1 fully saturated rings. The first-order valence-corrected chi connectivity index (χ1v) is 12.6. The summed E-state index contributed by atoms with van der Waals surface area (Å²) < 4.78 is 12.6. The van der Waals surface area contributed by atoms with Gasteiger partial charge in [0.1, 0.15) is 6.54 Å². The van der Waals surface area contributed by atoms with Crippen molar-refractivity contribution in [3.8, 4) is 11.5 Å². The van der Waals surface area contributed by atoms with Crippen LogP contribution in [0.15, 0.2) is 44.2 Å². The lowest BCUT2D eigenvalue weighted by Gasteiger charge is -2.14. The minimum absolute atomic E-state index is 0.206. The van der Waals surface area contributed by atoms with Gasteiger partial charge in [0.2, 0.25) is 5.91 Å². The normalized spacial score (nSPS) is 14.7. The molecule has 3 amide bonds. The Hall–Kier alpha value is -2.01. The van der Waals surface area contributed by atoms with Crippen molar-refractivity contribution in [2.24, 2.45) is 0 Å². The predicted molar refractivity (Wildman–Crippen MR) is 137 cm³/mol. The van der Waals surface area contributed by atoms with E-state index in [1.54, 1.807) is 36.4 Å². The van der Waals surface area contributed by atoms with E-state index in [4.69, 9.17) is 21.1 Å². The van der Waals surface area contributed by atoms with E-state index in [1.165, 1.54) is 0 Å². The molecule has 1 heterocycles. The highest BCUT2D eigenvalue weighted by Gasteiger charge is 2.36. The van der Waals surface area contributed by atoms with Crippen LogP contribution in [0, 0.1) is 0 Å². The number of nitrogens with one attached hydrogen (secondary N) is 1. The Morgan fingerprint density at radius 3 is 2.52 bits per heavy atom. The van der Waals surface area contributed by atoms with Gasteiger partial charge in [0.15, 0.2) is 11.5 Å². The van der Waals surface area contributed by atoms with E-state index in [2.05, 4.69) is 37.2 Å². The number of thioether (sulfide) groups is 1. The minimum Gasteiger partial charge on any atom is -0.490 e. The Morgan fingerprint density at radius 1 is 1.12 bits per heavy atom. The van der Waals surface area contributed by atoms with Gasteiger partial charge in [-0.25, -0.2) is 0 Å². The van der Waals surface area contributed by atoms with Crippen LogP contribution in [0.1, 0.15) is 19.4 Å². The third-order valence-electron chi connectivity index (χ3n) is 4.30. The van der Waals surface area contributed by atoms with Gasteiger partial charge in [-0.2, -0.15) is 0 Å². The molecule has 1 N–H and O–H groups in total. The zero-order valence-corrected chi connectivity index (χ0v) is 22.4. The van der Waals surface area contributed by atoms with Gasteiger partial charge in [0, 0.05) is 10.2 Å². The molecule has 0 spiro atoms. The third kappa shape index (κ3) is 6.32. The van der Waals surface area contributed by atoms with Crippen molar-refractivity contribution in [2.75, 3.05) is 25.1 Å². The highest BCUT2D eigenvalue weighted by atomic mass is 79.9. The molecule has 3 rings (SSSR count). The summed E-state index contributed by atoms with van der Waals surface area (Å²) in [5, 5.41) is 2.54. The second kappa shape index (κ2) is 11.4. The second-order valence-corrected chi connectivity index (χ2v) is 9.75. The minimum atomic E-state index is -0.544. The number of halogens is 3. The Balaban J connectivity index is 1.76. The standard InChI is InChI=1S/C22H19Br2ClN2O5S/c1-3-31-17-8-12(7-15(24)20(17)32-4-2)9-18-21(29)27(22(30)33-18)11-19(28)26-13-5-6-14(23)16(25)10-13/h5-10H,3-4,11H2,1-2H3,(H,26,28)/b18-9+. The molecule has 7 nitrogen and oxygen atoms in total. The van der Waals surface area contributed by atoms with Gasteiger partial charge in [-0.05, 0) is 99.4 Å². The number of ether oxygens (including phenoxy) is 2. The number of amides is 3. The number of hydrogen-bond donors (Lipinski definition) is 1. The first-order chi connectivity index (χ1) is 15.7. The largest absolute Gasteiger partial charge is 0.490 e. The molecule has 1 aliphatic rings. The summed E-state index contributed by atoms with van der Waals surface area (Å²) in [6, 6.07) is 8.41. The van der Waals surface area contributed by atoms with Crippen LogP contribution in [0.2, 0.25) is 5.02 Å². The molecule has 11 heteroatoms. The summed E-state index contributed by atoms with van der Waals surface area (Å²) in [7, 11) is 0. The van der Waals surface area contributed by atoms with Crippen LogP contribution in [0.25, 0.3) is 6.08 Å². The molecule has 1 saturated heterocycles. The molecule has 0 aliphatic carbocycles. The van der Waals surface area contributed by atoms with E-state index in [9.17, 15) is 14.4 Å². The molecule has 0 atom stereocenters. The quantitative estimate of drug-likeness (QED) is 0.348. The van der Waals surface area contributed by atoms with Gasteiger partial charge < -0.3 is 14.8 Å². The SMILES string of the molecule is CCOc1cc(/C=C2/SC(=O)N(CC(=O)Nc3ccc(Br)c(Cl)c3)C2=O)cc(Br)c1OCC. The van der Waals surface area contributed by atoms with Gasteiger partial charge in [0.25, 0.3) is 11.1 Å². The zero-order chi connectivity index (χ0) is 24.1. The molecule has 2 aromatic rings. The van der Waals surface area contributed by atoms with Crippen molar-refractivity contribution >= 4 is 84.0 Å². The number of carbonyl (C=O) groups excluding carboxylic acids is 3. The maximum atomic E-state index is 12.8. The van der Waals surface area contributed by atoms with Gasteiger partial charge in [-0.3, -0.25) is 19.3 Å². The second-order valence-electron chi connectivity index (χ2n) is 6.64. The van der Waals surface area contributed by atoms with Crippen molar-refractivity contribution in [1.29, 1.82) is 0 Å². The Kier molecular flexibility index (Phi) is 8.86. The summed E-state index contributed by atoms with van der Waals surface area (Å²) in [5.74, 6) is 0.0254. The maximum absolute atomic E-state index is 12.8. The molecule has 0 saturated carbocycles. The summed E-state index contributed by atoms with van der Waals surface area (Å²) >= 11 is 13.5. The molecular formula is C22H19Br2ClN2O5S. The highest BCUT2D eigenvalue weighted by molar-refractivity contribution is 9.10. The van der Waals surface area contributed by atoms with Crippen molar-refractivity contribution in [1.82, 2.24) is 4.90 Å². The number of imide groups is 1. The Bertz CT molecular complexity index is 1140. The van der Waals surface area contributed by atoms with E-state index < -0.39 is 23.6 Å². The fourth-order valence-corrected chi connectivity index (χ4v) is 4.76. The Morgan fingerprint density at radius 2 is 1.85 bits per heavy atom. The van der Waals surface area contributed by atoms with Crippen molar-refractivity contribution in [3.05, 3.63) is 54.8 Å². The number of hydrogen-bond acceptors (Lipinski definition) is 6. The fraction of sp³-hybridized carbons (Fsp3) is 0.227. The van der Waals surface area contributed by atoms with Gasteiger partial charge in [-0.1, -0.05) is 11.6 Å². The molecule has 174 valence electrons. The van der Waals surface area contributed by atoms with Gasteiger partial charge in [0.05, 0.1) is 27.6 Å². The molecule has 0 aromatic heterocycles. The number of nitrogens with zero attached hydrogens (tertiary/aromatic N) is 1. The first kappa shape index (κ1) is 25.6. The summed E-state index contributed by atoms with van der Waals surface area (Å²) in [5.41, 5.74) is 1.10. The van der Waals surface area contributed by atoms with E-state index >= 15 is 0 Å². The monoisotopic (exact) mass is 616 g/mol. The topological polar surface area (TPSA) is 84.9 Å². The van der Waals surface area contributed by atoms with Crippen molar-refractivity contribution in [2.45, 2.75) is 13.8 Å². The smallest absolute Gasteiger partial charge is 0.294 e. The molecule has 0 bridgehead atoms. The third-order valence-corrected chi connectivity index (χ3v) is 7.03. The van der Waals surface area contributed by atoms with E-state index in [0.29, 0.717) is 49.9 Å². The number of anilines is 1. The molecular weight excluding hydrogens is 600 g/mol. The van der Waals surface area contributed by atoms with E-state index in [1.807, 2.05) is 13.8 Å². The van der Waals surface area contributed by atoms with Crippen molar-refractivity contribution in [3.63, 3.8) is 0 Å². The zero-order valence-electron chi connectivity index (χ0n) is 17.6. The molecule has 33 heavy (non-hydrogen) atoms. The fourth-order valence-electron chi connectivity index (χ4n) is 2.92. The van der Waals surface area contributed by atoms with Crippen LogP contribution in [0.4, 0.5) is 10.5 Å². The molecule has 2 aromatic carbocycles. The highest BCUT2D eigenvalue weighted by Crippen LogP contribution is 2.39. The average Bonchev–Trinajstić information content (AvgIpc) is 3.01. The van der Waals surface area contributed by atoms with Crippen LogP contribution < -0.4 is 14.8 Å². The summed E-state index contributed by atoms with van der Waals surface area (Å²) in [6.07, 6.45) is 1.58. The van der Waals surface area contributed by atoms with Crippen LogP contribution in [0.3, 0.4) is 0 Å². The van der Waals surface area contributed by atoms with E-state index in [-0.39, 0.29) is 4.91 Å². The average molecular weight is 619 g/mol. The van der Waals surface area contributed by atoms with Crippen molar-refractivity contribution < 1.29 is 23.9 Å². The van der Waals surface area contributed by atoms with Gasteiger partial charge in [-0.15, -0.1) is 0 Å². The lowest BCUT2D eigenvalue weighted by molar-refractivity contribution is -0.127. The lowest BCUT2D eigenvalue weighted by Crippen LogP contribution is -2.36. The number of benzene rings is 2. The number of carbonyl (C=O) groups is 3. The van der Waals surface area contributed by atoms with Gasteiger partial charge >= 0.3 is 0 Å². The molecule has 0 radical (unpaired) electrons. The van der Waals surface area contributed by atoms with E-state index in [0.717, 1.165) is 16.7 Å². The maximum Gasteiger partial charge on any atom is 0.294 e. The van der Waals surface area contributed by atoms with Crippen LogP contribution in [-0.4, -0.2) is 41.7 Å². The van der Waals surface area contributed by atoms with Crippen LogP contribution in [0.5, 0.6) is 11.5 Å². The molecule has 0 unspecified atom stereocenters. The predicted octanol–water partition coefficient (Wildman–Crippen LogP) is 6.34. The summed E-state index contributed by atoms with van der Waals surface area (Å²) in [6.45, 7) is 4.21. The van der Waals surface area contributed by atoms with Crippen LogP contribution in [-0.2, 0) is 9.59 Å². The molecule has 1 aliphatic heterocycles. The lowest BCUT2D eigenvalue weighted by atomic mass is 10.2. The summed E-state index contributed by atoms with van der Waals surface area (Å²) in [4.78, 5) is 38.7. The van der Waals surface area contributed by atoms with Crippen LogP contribution >= 0.6 is 55.2 Å². The number of rotatable bonds is 8.